The SMILES string of the molecule is Cc1nc2c(cc(OCC(=O)NCCNC(=O)Cc3ccccc3)c3ccsc32)s1. The number of carbonyl (C=O) groups excluding carboxylic acids is 2. The van der Waals surface area contributed by atoms with Crippen LogP contribution in [0.1, 0.15) is 10.6 Å². The number of thiophene rings is 1. The zero-order valence-electron chi connectivity index (χ0n) is 16.4. The molecule has 4 aromatic rings. The maximum absolute atomic E-state index is 12.1. The van der Waals surface area contributed by atoms with Crippen molar-refractivity contribution in [2.24, 2.45) is 0 Å². The van der Waals surface area contributed by atoms with Crippen molar-refractivity contribution in [2.75, 3.05) is 19.7 Å². The lowest BCUT2D eigenvalue weighted by Gasteiger charge is -2.10. The Morgan fingerprint density at radius 1 is 1.07 bits per heavy atom. The number of hydrogen-bond donors (Lipinski definition) is 2. The van der Waals surface area contributed by atoms with Crippen LogP contribution in [0.2, 0.25) is 0 Å². The molecule has 2 amide bonds. The lowest BCUT2D eigenvalue weighted by Crippen LogP contribution is -2.37. The van der Waals surface area contributed by atoms with E-state index in [0.29, 0.717) is 25.3 Å². The third kappa shape index (κ3) is 4.77. The molecule has 0 spiro atoms. The highest BCUT2D eigenvalue weighted by Crippen LogP contribution is 2.38. The van der Waals surface area contributed by atoms with E-state index >= 15 is 0 Å². The Balaban J connectivity index is 1.25. The molecule has 0 atom stereocenters. The second-order valence-electron chi connectivity index (χ2n) is 6.77. The van der Waals surface area contributed by atoms with Crippen molar-refractivity contribution in [1.29, 1.82) is 0 Å². The van der Waals surface area contributed by atoms with Crippen LogP contribution in [0.5, 0.6) is 5.75 Å². The van der Waals surface area contributed by atoms with Crippen molar-refractivity contribution in [2.45, 2.75) is 13.3 Å². The molecule has 0 bridgehead atoms. The van der Waals surface area contributed by atoms with Gasteiger partial charge in [0.05, 0.1) is 26.3 Å². The highest BCUT2D eigenvalue weighted by molar-refractivity contribution is 7.21. The number of nitrogens with zero attached hydrogens (tertiary/aromatic N) is 1. The van der Waals surface area contributed by atoms with Gasteiger partial charge in [0.25, 0.3) is 5.91 Å². The molecule has 2 N–H and O–H groups in total. The topological polar surface area (TPSA) is 80.3 Å². The van der Waals surface area contributed by atoms with Crippen LogP contribution in [-0.4, -0.2) is 36.5 Å². The van der Waals surface area contributed by atoms with E-state index in [-0.39, 0.29) is 18.4 Å². The fraction of sp³-hybridized carbons (Fsp3) is 0.227. The van der Waals surface area contributed by atoms with Gasteiger partial charge >= 0.3 is 0 Å². The number of aromatic nitrogens is 1. The minimum absolute atomic E-state index is 0.0697. The molecule has 0 saturated heterocycles. The summed E-state index contributed by atoms with van der Waals surface area (Å²) in [6, 6.07) is 13.5. The van der Waals surface area contributed by atoms with Crippen LogP contribution in [0, 0.1) is 6.92 Å². The summed E-state index contributed by atoms with van der Waals surface area (Å²) in [5.41, 5.74) is 1.95. The van der Waals surface area contributed by atoms with Crippen LogP contribution in [0.3, 0.4) is 0 Å². The van der Waals surface area contributed by atoms with Crippen molar-refractivity contribution in [3.63, 3.8) is 0 Å². The summed E-state index contributed by atoms with van der Waals surface area (Å²) < 4.78 is 7.93. The summed E-state index contributed by atoms with van der Waals surface area (Å²) in [4.78, 5) is 28.7. The average molecular weight is 440 g/mol. The minimum Gasteiger partial charge on any atom is -0.483 e. The van der Waals surface area contributed by atoms with E-state index in [9.17, 15) is 9.59 Å². The summed E-state index contributed by atoms with van der Waals surface area (Å²) in [5.74, 6) is 0.393. The Bertz CT molecular complexity index is 1180. The van der Waals surface area contributed by atoms with E-state index in [1.807, 2.05) is 54.8 Å². The van der Waals surface area contributed by atoms with Crippen molar-refractivity contribution in [1.82, 2.24) is 15.6 Å². The van der Waals surface area contributed by atoms with Gasteiger partial charge in [-0.05, 0) is 23.9 Å². The summed E-state index contributed by atoms with van der Waals surface area (Å²) in [7, 11) is 0. The molecule has 2 heterocycles. The highest BCUT2D eigenvalue weighted by atomic mass is 32.1. The molecule has 8 heteroatoms. The lowest BCUT2D eigenvalue weighted by molar-refractivity contribution is -0.123. The predicted octanol–water partition coefficient (Wildman–Crippen LogP) is 3.67. The second kappa shape index (κ2) is 9.23. The molecule has 2 aromatic carbocycles. The smallest absolute Gasteiger partial charge is 0.258 e. The van der Waals surface area contributed by atoms with E-state index in [1.165, 1.54) is 0 Å². The maximum Gasteiger partial charge on any atom is 0.258 e. The van der Waals surface area contributed by atoms with E-state index in [1.54, 1.807) is 22.7 Å². The number of amides is 2. The number of thiazole rings is 1. The van der Waals surface area contributed by atoms with Gasteiger partial charge in [0.15, 0.2) is 6.61 Å². The zero-order chi connectivity index (χ0) is 20.9. The summed E-state index contributed by atoms with van der Waals surface area (Å²) >= 11 is 3.24. The first kappa shape index (κ1) is 20.3. The fourth-order valence-corrected chi connectivity index (χ4v) is 4.98. The Morgan fingerprint density at radius 2 is 1.83 bits per heavy atom. The van der Waals surface area contributed by atoms with Crippen molar-refractivity contribution < 1.29 is 14.3 Å². The largest absolute Gasteiger partial charge is 0.483 e. The number of hydrogen-bond acceptors (Lipinski definition) is 6. The summed E-state index contributed by atoms with van der Waals surface area (Å²) in [6.45, 7) is 2.63. The Hall–Kier alpha value is -2.97. The minimum atomic E-state index is -0.226. The molecule has 154 valence electrons. The summed E-state index contributed by atoms with van der Waals surface area (Å²) in [6.07, 6.45) is 0.327. The third-order valence-corrected chi connectivity index (χ3v) is 6.34. The lowest BCUT2D eigenvalue weighted by atomic mass is 10.1. The van der Waals surface area contributed by atoms with E-state index in [4.69, 9.17) is 4.74 Å². The van der Waals surface area contributed by atoms with Gasteiger partial charge in [0, 0.05) is 24.5 Å². The number of benzene rings is 2. The van der Waals surface area contributed by atoms with Gasteiger partial charge in [-0.15, -0.1) is 22.7 Å². The first-order valence-corrected chi connectivity index (χ1v) is 11.3. The molecule has 0 aliphatic rings. The zero-order valence-corrected chi connectivity index (χ0v) is 18.1. The predicted molar refractivity (Wildman–Crippen MR) is 121 cm³/mol. The van der Waals surface area contributed by atoms with Gasteiger partial charge in [0.2, 0.25) is 5.91 Å². The van der Waals surface area contributed by atoms with Gasteiger partial charge < -0.3 is 15.4 Å². The molecule has 0 radical (unpaired) electrons. The van der Waals surface area contributed by atoms with Crippen LogP contribution < -0.4 is 15.4 Å². The molecule has 0 aliphatic carbocycles. The molecule has 0 aliphatic heterocycles. The average Bonchev–Trinajstić information content (AvgIpc) is 3.36. The molecule has 4 rings (SSSR count). The van der Waals surface area contributed by atoms with Gasteiger partial charge in [-0.25, -0.2) is 4.98 Å². The molecule has 0 unspecified atom stereocenters. The van der Waals surface area contributed by atoms with E-state index < -0.39 is 0 Å². The van der Waals surface area contributed by atoms with Crippen LogP contribution >= 0.6 is 22.7 Å². The molecule has 2 aromatic heterocycles. The van der Waals surface area contributed by atoms with Crippen molar-refractivity contribution in [3.8, 4) is 5.75 Å². The first-order chi connectivity index (χ1) is 14.6. The van der Waals surface area contributed by atoms with Crippen molar-refractivity contribution >= 4 is 54.8 Å². The van der Waals surface area contributed by atoms with Crippen LogP contribution in [-0.2, 0) is 16.0 Å². The molecule has 0 saturated carbocycles. The highest BCUT2D eigenvalue weighted by Gasteiger charge is 2.13. The quantitative estimate of drug-likeness (QED) is 0.411. The van der Waals surface area contributed by atoms with E-state index in [2.05, 4.69) is 15.6 Å². The molecular weight excluding hydrogens is 418 g/mol. The van der Waals surface area contributed by atoms with Gasteiger partial charge in [-0.1, -0.05) is 30.3 Å². The normalized spacial score (nSPS) is 11.0. The molecule has 0 fully saturated rings. The number of rotatable bonds is 8. The number of carbonyl (C=O) groups is 2. The van der Waals surface area contributed by atoms with Gasteiger partial charge in [0.1, 0.15) is 5.75 Å². The number of ether oxygens (including phenoxy) is 1. The monoisotopic (exact) mass is 439 g/mol. The summed E-state index contributed by atoms with van der Waals surface area (Å²) in [5, 5.41) is 9.55. The second-order valence-corrected chi connectivity index (χ2v) is 8.92. The van der Waals surface area contributed by atoms with Crippen LogP contribution in [0.15, 0.2) is 47.8 Å². The number of fused-ring (bicyclic) bond motifs is 3. The molecular formula is C22H21N3O3S2. The fourth-order valence-electron chi connectivity index (χ4n) is 3.15. The standard InChI is InChI=1S/C22H21N3O3S2/c1-14-25-21-18(30-14)12-17(16-7-10-29-22(16)21)28-13-20(27)24-9-8-23-19(26)11-15-5-3-2-4-6-15/h2-7,10,12H,8-9,11,13H2,1H3,(H,23,26)(H,24,27). The first-order valence-electron chi connectivity index (χ1n) is 9.57. The molecule has 6 nitrogen and oxygen atoms in total. The number of aryl methyl sites for hydroxylation is 1. The van der Waals surface area contributed by atoms with Crippen molar-refractivity contribution in [3.05, 3.63) is 58.4 Å². The van der Waals surface area contributed by atoms with Crippen LogP contribution in [0.4, 0.5) is 0 Å². The Morgan fingerprint density at radius 3 is 2.63 bits per heavy atom. The van der Waals surface area contributed by atoms with Gasteiger partial charge in [-0.3, -0.25) is 9.59 Å². The maximum atomic E-state index is 12.1. The third-order valence-electron chi connectivity index (χ3n) is 4.50. The Labute approximate surface area is 181 Å². The Kier molecular flexibility index (Phi) is 6.25. The van der Waals surface area contributed by atoms with Crippen LogP contribution in [0.25, 0.3) is 20.3 Å². The van der Waals surface area contributed by atoms with E-state index in [0.717, 1.165) is 30.9 Å². The van der Waals surface area contributed by atoms with Gasteiger partial charge in [-0.2, -0.15) is 0 Å². The molecule has 30 heavy (non-hydrogen) atoms. The number of nitrogens with one attached hydrogen (secondary N) is 2.